The van der Waals surface area contributed by atoms with Crippen LogP contribution in [0.3, 0.4) is 0 Å². The molecule has 1 aromatic carbocycles. The molecule has 2 N–H and O–H groups in total. The first-order valence-electron chi connectivity index (χ1n) is 6.18. The van der Waals surface area contributed by atoms with Gasteiger partial charge in [0.1, 0.15) is 5.69 Å². The number of alkyl halides is 3. The van der Waals surface area contributed by atoms with E-state index in [9.17, 15) is 18.0 Å². The number of hydrogen-bond acceptors (Lipinski definition) is 3. The molecule has 0 fully saturated rings. The van der Waals surface area contributed by atoms with Gasteiger partial charge in [0.05, 0.1) is 5.56 Å². The molecule has 0 bridgehead atoms. The van der Waals surface area contributed by atoms with Crippen LogP contribution >= 0.6 is 0 Å². The molecule has 3 aromatic rings. The summed E-state index contributed by atoms with van der Waals surface area (Å²) in [4.78, 5) is 13.7. The normalized spacial score (nSPS) is 12.0. The minimum Gasteiger partial charge on any atom is -0.475 e. The third-order valence-corrected chi connectivity index (χ3v) is 3.29. The quantitative estimate of drug-likeness (QED) is 0.753. The fourth-order valence-electron chi connectivity index (χ4n) is 2.43. The summed E-state index contributed by atoms with van der Waals surface area (Å²) in [5.41, 5.74) is 0.139. The second-order valence-electron chi connectivity index (χ2n) is 4.73. The van der Waals surface area contributed by atoms with Gasteiger partial charge < -0.3 is 14.6 Å². The molecule has 5 nitrogen and oxygen atoms in total. The van der Waals surface area contributed by atoms with Gasteiger partial charge in [0, 0.05) is 28.2 Å². The Hall–Kier alpha value is -2.77. The topological polar surface area (TPSA) is 79.1 Å². The lowest BCUT2D eigenvalue weighted by atomic mass is 10.0. The predicted octanol–water partition coefficient (Wildman–Crippen LogP) is 3.85. The van der Waals surface area contributed by atoms with E-state index >= 15 is 0 Å². The predicted molar refractivity (Wildman–Crippen MR) is 70.5 cm³/mol. The van der Waals surface area contributed by atoms with Gasteiger partial charge in [-0.15, -0.1) is 0 Å². The number of nitrogens with zero attached hydrogens (tertiary/aromatic N) is 1. The zero-order valence-corrected chi connectivity index (χ0v) is 11.2. The number of aromatic nitrogens is 2. The number of aromatic carboxylic acids is 1. The summed E-state index contributed by atoms with van der Waals surface area (Å²) in [7, 11) is 0. The molecule has 0 saturated heterocycles. The van der Waals surface area contributed by atoms with Gasteiger partial charge >= 0.3 is 12.1 Å². The van der Waals surface area contributed by atoms with Crippen molar-refractivity contribution in [2.45, 2.75) is 13.1 Å². The van der Waals surface area contributed by atoms with Crippen molar-refractivity contribution in [3.63, 3.8) is 0 Å². The monoisotopic (exact) mass is 310 g/mol. The molecular weight excluding hydrogens is 301 g/mol. The van der Waals surface area contributed by atoms with Crippen molar-refractivity contribution >= 4 is 16.9 Å². The fourth-order valence-corrected chi connectivity index (χ4v) is 2.43. The van der Waals surface area contributed by atoms with E-state index < -0.39 is 23.5 Å². The lowest BCUT2D eigenvalue weighted by molar-refractivity contribution is -0.136. The van der Waals surface area contributed by atoms with Crippen molar-refractivity contribution in [3.8, 4) is 11.3 Å². The Morgan fingerprint density at radius 1 is 1.36 bits per heavy atom. The van der Waals surface area contributed by atoms with Crippen LogP contribution in [-0.2, 0) is 6.18 Å². The van der Waals surface area contributed by atoms with Crippen LogP contribution in [0.25, 0.3) is 22.2 Å². The number of benzene rings is 1. The molecule has 114 valence electrons. The van der Waals surface area contributed by atoms with E-state index in [4.69, 9.17) is 5.11 Å². The molecule has 0 aliphatic carbocycles. The molecule has 2 heterocycles. The largest absolute Gasteiger partial charge is 0.475 e. The second kappa shape index (κ2) is 4.62. The van der Waals surface area contributed by atoms with E-state index in [1.165, 1.54) is 12.1 Å². The Morgan fingerprint density at radius 2 is 2.09 bits per heavy atom. The summed E-state index contributed by atoms with van der Waals surface area (Å²) in [6, 6.07) is 4.89. The summed E-state index contributed by atoms with van der Waals surface area (Å²) in [6.45, 7) is 1.59. The molecule has 2 aromatic heterocycles. The van der Waals surface area contributed by atoms with Gasteiger partial charge in [0.2, 0.25) is 5.76 Å². The Labute approximate surface area is 121 Å². The first kappa shape index (κ1) is 14.2. The maximum atomic E-state index is 13.2. The summed E-state index contributed by atoms with van der Waals surface area (Å²) in [5.74, 6) is -1.78. The van der Waals surface area contributed by atoms with Gasteiger partial charge in [-0.05, 0) is 19.1 Å². The number of nitrogens with one attached hydrogen (secondary N) is 1. The smallest absolute Gasteiger partial charge is 0.417 e. The number of aromatic amines is 1. The van der Waals surface area contributed by atoms with Crippen LogP contribution in [0.4, 0.5) is 13.2 Å². The van der Waals surface area contributed by atoms with E-state index in [0.29, 0.717) is 11.2 Å². The summed E-state index contributed by atoms with van der Waals surface area (Å²) in [6.07, 6.45) is -4.54. The lowest BCUT2D eigenvalue weighted by Crippen LogP contribution is -2.05. The molecule has 0 saturated carbocycles. The van der Waals surface area contributed by atoms with Crippen molar-refractivity contribution in [2.75, 3.05) is 0 Å². The molecule has 0 radical (unpaired) electrons. The zero-order chi connectivity index (χ0) is 16.1. The molecule has 0 atom stereocenters. The standard InChI is InChI=1S/C14H9F3N2O3/c1-6-11(9-5-10(13(20)21)22-19-9)12-7(14(15,16)17)3-2-4-8(12)18-6/h2-5,18H,1H3,(H,20,21). The minimum atomic E-state index is -4.54. The van der Waals surface area contributed by atoms with Crippen LogP contribution in [0.1, 0.15) is 21.8 Å². The molecular formula is C14H9F3N2O3. The number of aryl methyl sites for hydroxylation is 1. The number of rotatable bonds is 2. The highest BCUT2D eigenvalue weighted by molar-refractivity contribution is 6.00. The van der Waals surface area contributed by atoms with Crippen molar-refractivity contribution in [3.05, 3.63) is 41.3 Å². The first-order chi connectivity index (χ1) is 10.3. The lowest BCUT2D eigenvalue weighted by Gasteiger charge is -2.09. The van der Waals surface area contributed by atoms with Crippen LogP contribution in [0.5, 0.6) is 0 Å². The molecule has 0 aliphatic heterocycles. The van der Waals surface area contributed by atoms with Gasteiger partial charge in [-0.25, -0.2) is 4.79 Å². The van der Waals surface area contributed by atoms with Gasteiger partial charge in [-0.2, -0.15) is 13.2 Å². The maximum absolute atomic E-state index is 13.2. The first-order valence-corrected chi connectivity index (χ1v) is 6.18. The maximum Gasteiger partial charge on any atom is 0.417 e. The van der Waals surface area contributed by atoms with Crippen LogP contribution in [0.15, 0.2) is 28.8 Å². The molecule has 8 heteroatoms. The van der Waals surface area contributed by atoms with Crippen LogP contribution in [0.2, 0.25) is 0 Å². The van der Waals surface area contributed by atoms with Crippen molar-refractivity contribution in [2.24, 2.45) is 0 Å². The summed E-state index contributed by atoms with van der Waals surface area (Å²) >= 11 is 0. The van der Waals surface area contributed by atoms with Crippen molar-refractivity contribution < 1.29 is 27.6 Å². The summed E-state index contributed by atoms with van der Waals surface area (Å²) < 4.78 is 44.2. The minimum absolute atomic E-state index is 0.0397. The van der Waals surface area contributed by atoms with E-state index in [0.717, 1.165) is 12.1 Å². The highest BCUT2D eigenvalue weighted by atomic mass is 19.4. The molecule has 22 heavy (non-hydrogen) atoms. The Balaban J connectivity index is 2.33. The Bertz CT molecular complexity index is 877. The highest BCUT2D eigenvalue weighted by Gasteiger charge is 2.34. The average molecular weight is 310 g/mol. The van der Waals surface area contributed by atoms with Gasteiger partial charge in [-0.1, -0.05) is 11.2 Å². The zero-order valence-electron chi connectivity index (χ0n) is 11.2. The second-order valence-corrected chi connectivity index (χ2v) is 4.73. The van der Waals surface area contributed by atoms with Crippen LogP contribution in [0, 0.1) is 6.92 Å². The molecule has 0 amide bonds. The molecule has 0 aliphatic rings. The van der Waals surface area contributed by atoms with E-state index in [2.05, 4.69) is 14.7 Å². The third-order valence-electron chi connectivity index (χ3n) is 3.29. The Morgan fingerprint density at radius 3 is 2.68 bits per heavy atom. The SMILES string of the molecule is Cc1[nH]c2cccc(C(F)(F)F)c2c1-c1cc(C(=O)O)on1. The van der Waals surface area contributed by atoms with E-state index in [-0.39, 0.29) is 16.6 Å². The number of hydrogen-bond donors (Lipinski definition) is 2. The number of carbonyl (C=O) groups is 1. The molecule has 0 unspecified atom stereocenters. The van der Waals surface area contributed by atoms with E-state index in [1.807, 2.05) is 0 Å². The number of carboxylic acids is 1. The number of fused-ring (bicyclic) bond motifs is 1. The van der Waals surface area contributed by atoms with Crippen molar-refractivity contribution in [1.29, 1.82) is 0 Å². The number of H-pyrrole nitrogens is 1. The summed E-state index contributed by atoms with van der Waals surface area (Å²) in [5, 5.41) is 12.4. The molecule has 3 rings (SSSR count). The van der Waals surface area contributed by atoms with Crippen LogP contribution in [-0.4, -0.2) is 21.2 Å². The van der Waals surface area contributed by atoms with Gasteiger partial charge in [0.15, 0.2) is 0 Å². The number of halogens is 3. The molecule has 0 spiro atoms. The number of carboxylic acid groups (broad SMARTS) is 1. The highest BCUT2D eigenvalue weighted by Crippen LogP contribution is 2.40. The fraction of sp³-hybridized carbons (Fsp3) is 0.143. The third kappa shape index (κ3) is 2.12. The van der Waals surface area contributed by atoms with Gasteiger partial charge in [0.25, 0.3) is 0 Å². The average Bonchev–Trinajstić information content (AvgIpc) is 2.99. The Kier molecular flexibility index (Phi) is 2.98. The van der Waals surface area contributed by atoms with E-state index in [1.54, 1.807) is 6.92 Å². The van der Waals surface area contributed by atoms with Gasteiger partial charge in [-0.3, -0.25) is 0 Å². The van der Waals surface area contributed by atoms with Crippen LogP contribution < -0.4 is 0 Å². The van der Waals surface area contributed by atoms with Crippen molar-refractivity contribution in [1.82, 2.24) is 10.1 Å².